The van der Waals surface area contributed by atoms with Crippen LogP contribution in [0, 0.1) is 0 Å². The Kier molecular flexibility index (Phi) is 5.27. The zero-order valence-electron chi connectivity index (χ0n) is 11.9. The molecule has 0 aromatic heterocycles. The maximum atomic E-state index is 11.4. The number of para-hydroxylation sites is 1. The Bertz CT molecular complexity index is 448. The van der Waals surface area contributed by atoms with Crippen LogP contribution in [0.5, 0.6) is 11.5 Å². The van der Waals surface area contributed by atoms with Crippen molar-refractivity contribution in [1.82, 2.24) is 0 Å². The van der Waals surface area contributed by atoms with Crippen molar-refractivity contribution < 1.29 is 19.4 Å². The van der Waals surface area contributed by atoms with Crippen LogP contribution in [-0.2, 0) is 0 Å². The Morgan fingerprint density at radius 1 is 1.25 bits per heavy atom. The molecule has 0 saturated heterocycles. The molecule has 1 saturated carbocycles. The highest BCUT2D eigenvalue weighted by molar-refractivity contribution is 5.92. The zero-order chi connectivity index (χ0) is 14.4. The quantitative estimate of drug-likeness (QED) is 0.830. The minimum Gasteiger partial charge on any atom is -0.490 e. The van der Waals surface area contributed by atoms with E-state index in [-0.39, 0.29) is 11.7 Å². The van der Waals surface area contributed by atoms with Gasteiger partial charge in [-0.2, -0.15) is 0 Å². The van der Waals surface area contributed by atoms with E-state index in [1.807, 2.05) is 6.92 Å². The maximum absolute atomic E-state index is 11.4. The Balaban J connectivity index is 2.24. The van der Waals surface area contributed by atoms with E-state index >= 15 is 0 Å². The number of carboxylic acid groups (broad SMARTS) is 1. The largest absolute Gasteiger partial charge is 0.490 e. The molecule has 2 rings (SSSR count). The fourth-order valence-electron chi connectivity index (χ4n) is 2.60. The van der Waals surface area contributed by atoms with Crippen LogP contribution in [0.3, 0.4) is 0 Å². The molecule has 0 spiro atoms. The number of rotatable bonds is 5. The first kappa shape index (κ1) is 14.7. The predicted octanol–water partition coefficient (Wildman–Crippen LogP) is 3.89. The lowest BCUT2D eigenvalue weighted by atomic mass is 10.1. The second kappa shape index (κ2) is 7.17. The van der Waals surface area contributed by atoms with Crippen LogP contribution < -0.4 is 9.47 Å². The van der Waals surface area contributed by atoms with Crippen LogP contribution in [0.25, 0.3) is 0 Å². The van der Waals surface area contributed by atoms with E-state index in [1.165, 1.54) is 12.8 Å². The monoisotopic (exact) mass is 278 g/mol. The van der Waals surface area contributed by atoms with Gasteiger partial charge >= 0.3 is 5.97 Å². The minimum absolute atomic E-state index is 0.0946. The second-order valence-electron chi connectivity index (χ2n) is 5.10. The third kappa shape index (κ3) is 3.65. The van der Waals surface area contributed by atoms with Crippen LogP contribution >= 0.6 is 0 Å². The van der Waals surface area contributed by atoms with Gasteiger partial charge in [-0.15, -0.1) is 0 Å². The lowest BCUT2D eigenvalue weighted by molar-refractivity contribution is 0.0686. The van der Waals surface area contributed by atoms with Gasteiger partial charge in [-0.05, 0) is 44.7 Å². The average molecular weight is 278 g/mol. The topological polar surface area (TPSA) is 55.8 Å². The van der Waals surface area contributed by atoms with Gasteiger partial charge in [0.25, 0.3) is 0 Å². The van der Waals surface area contributed by atoms with Crippen molar-refractivity contribution >= 4 is 5.97 Å². The van der Waals surface area contributed by atoms with E-state index in [0.29, 0.717) is 18.1 Å². The Morgan fingerprint density at radius 3 is 2.55 bits per heavy atom. The van der Waals surface area contributed by atoms with E-state index < -0.39 is 5.97 Å². The third-order valence-corrected chi connectivity index (χ3v) is 3.60. The van der Waals surface area contributed by atoms with Crippen molar-refractivity contribution in [3.8, 4) is 11.5 Å². The van der Waals surface area contributed by atoms with Gasteiger partial charge in [0.05, 0.1) is 12.7 Å². The number of carboxylic acids is 1. The van der Waals surface area contributed by atoms with E-state index in [9.17, 15) is 9.90 Å². The number of hydrogen-bond acceptors (Lipinski definition) is 3. The zero-order valence-corrected chi connectivity index (χ0v) is 11.9. The highest BCUT2D eigenvalue weighted by Gasteiger charge is 2.21. The van der Waals surface area contributed by atoms with Crippen LogP contribution in [0.15, 0.2) is 18.2 Å². The van der Waals surface area contributed by atoms with Crippen LogP contribution in [-0.4, -0.2) is 23.8 Å². The molecule has 4 nitrogen and oxygen atoms in total. The molecular formula is C16H22O4. The number of aromatic carboxylic acids is 1. The normalized spacial score (nSPS) is 16.4. The molecular weight excluding hydrogens is 256 g/mol. The van der Waals surface area contributed by atoms with Crippen LogP contribution in [0.2, 0.25) is 0 Å². The van der Waals surface area contributed by atoms with Crippen molar-refractivity contribution in [3.63, 3.8) is 0 Å². The molecule has 1 aromatic carbocycles. The Labute approximate surface area is 119 Å². The fourth-order valence-corrected chi connectivity index (χ4v) is 2.60. The highest BCUT2D eigenvalue weighted by atomic mass is 16.5. The molecule has 1 fully saturated rings. The predicted molar refractivity (Wildman–Crippen MR) is 76.7 cm³/mol. The summed E-state index contributed by atoms with van der Waals surface area (Å²) in [6, 6.07) is 5.02. The van der Waals surface area contributed by atoms with Gasteiger partial charge in [-0.25, -0.2) is 4.79 Å². The molecule has 20 heavy (non-hydrogen) atoms. The lowest BCUT2D eigenvalue weighted by Crippen LogP contribution is -2.17. The van der Waals surface area contributed by atoms with Crippen molar-refractivity contribution in [2.45, 2.75) is 51.6 Å². The molecule has 4 heteroatoms. The number of ether oxygens (including phenoxy) is 2. The van der Waals surface area contributed by atoms with Crippen LogP contribution in [0.4, 0.5) is 0 Å². The number of hydrogen-bond donors (Lipinski definition) is 1. The molecule has 1 aliphatic rings. The third-order valence-electron chi connectivity index (χ3n) is 3.60. The van der Waals surface area contributed by atoms with Crippen molar-refractivity contribution in [1.29, 1.82) is 0 Å². The number of benzene rings is 1. The van der Waals surface area contributed by atoms with Gasteiger partial charge < -0.3 is 14.6 Å². The highest BCUT2D eigenvalue weighted by Crippen LogP contribution is 2.34. The molecule has 0 atom stereocenters. The first-order valence-electron chi connectivity index (χ1n) is 7.38. The van der Waals surface area contributed by atoms with E-state index in [0.717, 1.165) is 25.7 Å². The molecule has 1 aliphatic carbocycles. The summed E-state index contributed by atoms with van der Waals surface area (Å²) in [6.45, 7) is 2.37. The molecule has 0 radical (unpaired) electrons. The Morgan fingerprint density at radius 2 is 1.95 bits per heavy atom. The van der Waals surface area contributed by atoms with E-state index in [1.54, 1.807) is 18.2 Å². The SMILES string of the molecule is CCOc1cccc(C(=O)O)c1OC1CCCCCC1. The lowest BCUT2D eigenvalue weighted by Gasteiger charge is -2.20. The van der Waals surface area contributed by atoms with Gasteiger partial charge in [-0.1, -0.05) is 18.9 Å². The molecule has 1 aromatic rings. The van der Waals surface area contributed by atoms with Crippen molar-refractivity contribution in [2.24, 2.45) is 0 Å². The first-order valence-corrected chi connectivity index (χ1v) is 7.38. The molecule has 0 amide bonds. The standard InChI is InChI=1S/C16H22O4/c1-2-19-14-11-7-10-13(16(17)18)15(14)20-12-8-5-3-4-6-9-12/h7,10-12H,2-6,8-9H2,1H3,(H,17,18). The van der Waals surface area contributed by atoms with Gasteiger partial charge in [0.2, 0.25) is 0 Å². The molecule has 110 valence electrons. The summed E-state index contributed by atoms with van der Waals surface area (Å²) in [4.78, 5) is 11.4. The summed E-state index contributed by atoms with van der Waals surface area (Å²) in [7, 11) is 0. The van der Waals surface area contributed by atoms with Crippen molar-refractivity contribution in [3.05, 3.63) is 23.8 Å². The summed E-state index contributed by atoms with van der Waals surface area (Å²) >= 11 is 0. The van der Waals surface area contributed by atoms with Gasteiger partial charge in [0.1, 0.15) is 5.56 Å². The van der Waals surface area contributed by atoms with Gasteiger partial charge in [0, 0.05) is 0 Å². The average Bonchev–Trinajstić information content (AvgIpc) is 2.69. The first-order chi connectivity index (χ1) is 9.72. The molecule has 0 heterocycles. The second-order valence-corrected chi connectivity index (χ2v) is 5.10. The van der Waals surface area contributed by atoms with E-state index in [4.69, 9.17) is 9.47 Å². The molecule has 0 aliphatic heterocycles. The summed E-state index contributed by atoms with van der Waals surface area (Å²) in [5.74, 6) is -0.0689. The minimum atomic E-state index is -0.977. The fraction of sp³-hybridized carbons (Fsp3) is 0.562. The van der Waals surface area contributed by atoms with Gasteiger partial charge in [-0.3, -0.25) is 0 Å². The summed E-state index contributed by atoms with van der Waals surface area (Å²) in [5.41, 5.74) is 0.181. The molecule has 0 unspecified atom stereocenters. The molecule has 0 bridgehead atoms. The van der Waals surface area contributed by atoms with Gasteiger partial charge in [0.15, 0.2) is 11.5 Å². The maximum Gasteiger partial charge on any atom is 0.339 e. The summed E-state index contributed by atoms with van der Waals surface area (Å²) in [6.07, 6.45) is 6.82. The molecule has 1 N–H and O–H groups in total. The van der Waals surface area contributed by atoms with Crippen molar-refractivity contribution in [2.75, 3.05) is 6.61 Å². The Hall–Kier alpha value is -1.71. The van der Waals surface area contributed by atoms with E-state index in [2.05, 4.69) is 0 Å². The number of carbonyl (C=O) groups is 1. The smallest absolute Gasteiger partial charge is 0.339 e. The summed E-state index contributed by atoms with van der Waals surface area (Å²) < 4.78 is 11.5. The summed E-state index contributed by atoms with van der Waals surface area (Å²) in [5, 5.41) is 9.31. The van der Waals surface area contributed by atoms with Crippen LogP contribution in [0.1, 0.15) is 55.8 Å².